The quantitative estimate of drug-likeness (QED) is 0.560. The van der Waals surface area contributed by atoms with Gasteiger partial charge in [-0.2, -0.15) is 18.2 Å². The zero-order valence-corrected chi connectivity index (χ0v) is 14.9. The lowest BCUT2D eigenvalue weighted by atomic mass is 10.3. The van der Waals surface area contributed by atoms with Crippen LogP contribution >= 0.6 is 10.5 Å². The van der Waals surface area contributed by atoms with Gasteiger partial charge >= 0.3 is 6.18 Å². The van der Waals surface area contributed by atoms with Gasteiger partial charge in [0.15, 0.2) is 0 Å². The molecule has 148 valence electrons. The first-order chi connectivity index (χ1) is 12.7. The lowest BCUT2D eigenvalue weighted by molar-refractivity contribution is -0.139. The number of nitrogens with two attached hydrogens (primary N) is 1. The average Bonchev–Trinajstić information content (AvgIpc) is 3.45. The van der Waals surface area contributed by atoms with Crippen molar-refractivity contribution in [3.8, 4) is 5.88 Å². The van der Waals surface area contributed by atoms with Crippen LogP contribution in [0.4, 0.5) is 24.8 Å². The molecule has 0 saturated heterocycles. The highest BCUT2D eigenvalue weighted by molar-refractivity contribution is 8.28. The minimum Gasteiger partial charge on any atom is -0.475 e. The predicted octanol–water partition coefficient (Wildman–Crippen LogP) is 3.28. The Kier molecular flexibility index (Phi) is 5.47. The molecule has 1 saturated carbocycles. The zero-order chi connectivity index (χ0) is 19.7. The van der Waals surface area contributed by atoms with Crippen LogP contribution in [-0.4, -0.2) is 38.1 Å². The number of anilines is 2. The summed E-state index contributed by atoms with van der Waals surface area (Å²) in [5.41, 5.74) is -0.615. The second-order valence-electron chi connectivity index (χ2n) is 6.00. The highest BCUT2D eigenvalue weighted by atomic mass is 32.3. The van der Waals surface area contributed by atoms with E-state index in [1.165, 1.54) is 0 Å². The fraction of sp³-hybridized carbons (Fsp3) is 0.375. The van der Waals surface area contributed by atoms with Gasteiger partial charge < -0.3 is 19.7 Å². The Morgan fingerprint density at radius 3 is 2.48 bits per heavy atom. The molecule has 0 radical (unpaired) electrons. The van der Waals surface area contributed by atoms with Gasteiger partial charge in [-0.05, 0) is 37.1 Å². The number of benzene rings is 1. The third kappa shape index (κ3) is 4.61. The molecule has 0 aliphatic heterocycles. The van der Waals surface area contributed by atoms with Crippen LogP contribution in [0.25, 0.3) is 0 Å². The molecule has 1 fully saturated rings. The van der Waals surface area contributed by atoms with Crippen LogP contribution in [0, 0.1) is 0 Å². The topological polar surface area (TPSA) is 114 Å². The number of nitrogens with one attached hydrogen (secondary N) is 1. The van der Waals surface area contributed by atoms with Crippen molar-refractivity contribution < 1.29 is 27.6 Å². The van der Waals surface area contributed by atoms with E-state index in [1.54, 1.807) is 24.3 Å². The maximum absolute atomic E-state index is 13.0. The van der Waals surface area contributed by atoms with Gasteiger partial charge in [0.25, 0.3) is 0 Å². The van der Waals surface area contributed by atoms with Crippen molar-refractivity contribution >= 4 is 22.1 Å². The molecule has 1 aliphatic carbocycles. The lowest BCUT2D eigenvalue weighted by Gasteiger charge is -2.29. The number of aromatic nitrogens is 2. The van der Waals surface area contributed by atoms with E-state index in [2.05, 4.69) is 15.3 Å². The number of halogens is 3. The van der Waals surface area contributed by atoms with Crippen LogP contribution in [0.2, 0.25) is 0 Å². The Hall–Kier alpha value is -2.08. The number of aliphatic hydroxyl groups is 1. The highest BCUT2D eigenvalue weighted by Gasteiger charge is 2.38. The van der Waals surface area contributed by atoms with Gasteiger partial charge in [0.2, 0.25) is 11.8 Å². The first-order valence-corrected chi connectivity index (χ1v) is 9.81. The predicted molar refractivity (Wildman–Crippen MR) is 95.0 cm³/mol. The molecule has 0 bridgehead atoms. The van der Waals surface area contributed by atoms with Crippen LogP contribution in [0.5, 0.6) is 5.88 Å². The summed E-state index contributed by atoms with van der Waals surface area (Å²) in [6.45, 7) is -0.774. The maximum atomic E-state index is 13.0. The Labute approximate surface area is 155 Å². The maximum Gasteiger partial charge on any atom is 0.423 e. The van der Waals surface area contributed by atoms with E-state index < -0.39 is 34.7 Å². The third-order valence-corrected chi connectivity index (χ3v) is 6.42. The van der Waals surface area contributed by atoms with Gasteiger partial charge in [-0.3, -0.25) is 5.14 Å². The van der Waals surface area contributed by atoms with Gasteiger partial charge in [-0.25, -0.2) is 4.98 Å². The van der Waals surface area contributed by atoms with E-state index in [-0.39, 0.29) is 17.8 Å². The molecule has 1 aromatic heterocycles. The number of hydrogen-bond acceptors (Lipinski definition) is 7. The summed E-state index contributed by atoms with van der Waals surface area (Å²) in [6.07, 6.45) is -2.26. The zero-order valence-electron chi connectivity index (χ0n) is 14.1. The first kappa shape index (κ1) is 19.7. The normalized spacial score (nSPS) is 17.9. The molecular weight excluding hydrogens is 385 g/mol. The second-order valence-corrected chi connectivity index (χ2v) is 8.49. The number of ether oxygens (including phenoxy) is 1. The van der Waals surface area contributed by atoms with E-state index in [0.717, 1.165) is 12.8 Å². The molecule has 3 rings (SSSR count). The first-order valence-electron chi connectivity index (χ1n) is 8.09. The second kappa shape index (κ2) is 7.50. The Balaban J connectivity index is 1.78. The van der Waals surface area contributed by atoms with Crippen molar-refractivity contribution in [1.29, 1.82) is 0 Å². The van der Waals surface area contributed by atoms with Crippen molar-refractivity contribution in [2.24, 2.45) is 5.14 Å². The van der Waals surface area contributed by atoms with Crippen molar-refractivity contribution in [3.63, 3.8) is 0 Å². The standard InChI is InChI=1S/C16H19F3N4O3S/c17-16(18,19)13-9-21-15(23-14(13)26-8-7-24)22-10-1-3-11(4-2-10)27(20,25)12-5-6-12/h1-4,9,12,24-25H,5-8,20H2,(H,21,22,23). The molecule has 0 spiro atoms. The number of alkyl halides is 3. The lowest BCUT2D eigenvalue weighted by Crippen LogP contribution is -2.15. The molecule has 5 N–H and O–H groups in total. The third-order valence-electron chi connectivity index (χ3n) is 3.91. The molecule has 11 heteroatoms. The Morgan fingerprint density at radius 2 is 1.93 bits per heavy atom. The van der Waals surface area contributed by atoms with Crippen LogP contribution in [-0.2, 0) is 6.18 Å². The fourth-order valence-electron chi connectivity index (χ4n) is 2.38. The molecule has 1 aliphatic rings. The summed E-state index contributed by atoms with van der Waals surface area (Å²) >= 11 is 0. The van der Waals surface area contributed by atoms with Gasteiger partial charge in [-0.15, -0.1) is 0 Å². The van der Waals surface area contributed by atoms with E-state index in [9.17, 15) is 17.7 Å². The smallest absolute Gasteiger partial charge is 0.423 e. The van der Waals surface area contributed by atoms with Crippen LogP contribution in [0.1, 0.15) is 18.4 Å². The summed E-state index contributed by atoms with van der Waals surface area (Å²) in [6, 6.07) is 6.61. The summed E-state index contributed by atoms with van der Waals surface area (Å²) in [7, 11) is -2.32. The average molecular weight is 404 g/mol. The van der Waals surface area contributed by atoms with Crippen LogP contribution < -0.4 is 15.2 Å². The molecule has 2 aromatic rings. The Morgan fingerprint density at radius 1 is 1.26 bits per heavy atom. The number of aliphatic hydroxyl groups excluding tert-OH is 1. The highest BCUT2D eigenvalue weighted by Crippen LogP contribution is 2.58. The Bertz CT molecular complexity index is 798. The monoisotopic (exact) mass is 404 g/mol. The molecule has 1 unspecified atom stereocenters. The summed E-state index contributed by atoms with van der Waals surface area (Å²) < 4.78 is 54.2. The van der Waals surface area contributed by atoms with Gasteiger partial charge in [0.05, 0.1) is 6.61 Å². The van der Waals surface area contributed by atoms with Gasteiger partial charge in [0.1, 0.15) is 12.2 Å². The van der Waals surface area contributed by atoms with Crippen LogP contribution in [0.3, 0.4) is 0 Å². The van der Waals surface area contributed by atoms with E-state index >= 15 is 0 Å². The molecule has 1 atom stereocenters. The van der Waals surface area contributed by atoms with Crippen LogP contribution in [0.15, 0.2) is 35.4 Å². The van der Waals surface area contributed by atoms with Gasteiger partial charge in [-0.1, -0.05) is 10.5 Å². The molecule has 27 heavy (non-hydrogen) atoms. The van der Waals surface area contributed by atoms with E-state index in [4.69, 9.17) is 15.0 Å². The van der Waals surface area contributed by atoms with Crippen molar-refractivity contribution in [2.45, 2.75) is 29.2 Å². The molecule has 1 heterocycles. The van der Waals surface area contributed by atoms with Crippen molar-refractivity contribution in [3.05, 3.63) is 36.0 Å². The van der Waals surface area contributed by atoms with E-state index in [1.807, 2.05) is 0 Å². The van der Waals surface area contributed by atoms with Gasteiger partial charge in [0, 0.05) is 22.0 Å². The SMILES string of the molecule is NS(O)(c1ccc(Nc2ncc(C(F)(F)F)c(OCCO)n2)cc1)C1CC1. The minimum absolute atomic E-state index is 0.0961. The summed E-state index contributed by atoms with van der Waals surface area (Å²) in [5, 5.41) is 17.7. The summed E-state index contributed by atoms with van der Waals surface area (Å²) in [5.74, 6) is -0.763. The number of rotatable bonds is 7. The van der Waals surface area contributed by atoms with E-state index in [0.29, 0.717) is 16.8 Å². The molecule has 0 amide bonds. The molecule has 1 aromatic carbocycles. The number of nitrogens with zero attached hydrogens (tertiary/aromatic N) is 2. The fourth-order valence-corrected chi connectivity index (χ4v) is 4.19. The van der Waals surface area contributed by atoms with Crippen molar-refractivity contribution in [2.75, 3.05) is 18.5 Å². The molecule has 7 nitrogen and oxygen atoms in total. The largest absolute Gasteiger partial charge is 0.475 e. The van der Waals surface area contributed by atoms with Crippen molar-refractivity contribution in [1.82, 2.24) is 9.97 Å². The number of hydrogen-bond donors (Lipinski definition) is 4. The minimum atomic E-state index is -4.68. The summed E-state index contributed by atoms with van der Waals surface area (Å²) in [4.78, 5) is 8.04. The molecular formula is C16H19F3N4O3S.